The van der Waals surface area contributed by atoms with E-state index < -0.39 is 23.6 Å². The lowest BCUT2D eigenvalue weighted by atomic mass is 9.89. The second-order valence-electron chi connectivity index (χ2n) is 7.05. The summed E-state index contributed by atoms with van der Waals surface area (Å²) in [6.07, 6.45) is -0.489. The summed E-state index contributed by atoms with van der Waals surface area (Å²) in [5, 5.41) is 9.54. The van der Waals surface area contributed by atoms with Crippen LogP contribution in [0, 0.1) is 5.92 Å². The quantitative estimate of drug-likeness (QED) is 0.893. The van der Waals surface area contributed by atoms with Crippen LogP contribution in [-0.2, 0) is 9.53 Å². The first-order valence-corrected chi connectivity index (χ1v) is 7.85. The second kappa shape index (κ2) is 5.89. The number of hydrogen-bond donors (Lipinski definition) is 1. The Bertz CT molecular complexity index is 666. The highest BCUT2D eigenvalue weighted by molar-refractivity contribution is 5.76. The zero-order chi connectivity index (χ0) is 17.5. The molecule has 1 aromatic carbocycles. The van der Waals surface area contributed by atoms with Crippen LogP contribution in [-0.4, -0.2) is 47.6 Å². The molecule has 1 N–H and O–H groups in total. The molecule has 0 aliphatic carbocycles. The minimum atomic E-state index is -0.927. The van der Waals surface area contributed by atoms with E-state index in [1.165, 1.54) is 4.90 Å². The molecule has 3 rings (SSSR count). The van der Waals surface area contributed by atoms with Crippen molar-refractivity contribution in [2.24, 2.45) is 5.92 Å². The number of carboxylic acids is 1. The van der Waals surface area contributed by atoms with Gasteiger partial charge in [0.2, 0.25) is 6.79 Å². The molecular weight excluding hydrogens is 314 g/mol. The molecule has 24 heavy (non-hydrogen) atoms. The molecule has 2 atom stereocenters. The summed E-state index contributed by atoms with van der Waals surface area (Å²) < 4.78 is 16.0. The number of carbonyl (C=O) groups is 2. The van der Waals surface area contributed by atoms with E-state index >= 15 is 0 Å². The normalized spacial score (nSPS) is 22.5. The van der Waals surface area contributed by atoms with Gasteiger partial charge in [-0.05, 0) is 38.5 Å². The lowest BCUT2D eigenvalue weighted by Gasteiger charge is -2.24. The van der Waals surface area contributed by atoms with Gasteiger partial charge in [0.1, 0.15) is 5.60 Å². The zero-order valence-corrected chi connectivity index (χ0v) is 13.9. The van der Waals surface area contributed by atoms with Crippen LogP contribution in [0.3, 0.4) is 0 Å². The lowest BCUT2D eigenvalue weighted by Crippen LogP contribution is -2.35. The fourth-order valence-electron chi connectivity index (χ4n) is 3.01. The Morgan fingerprint density at radius 1 is 1.21 bits per heavy atom. The number of aliphatic carboxylic acids is 1. The van der Waals surface area contributed by atoms with Crippen LogP contribution in [0.2, 0.25) is 0 Å². The van der Waals surface area contributed by atoms with Gasteiger partial charge in [0, 0.05) is 19.0 Å². The van der Waals surface area contributed by atoms with E-state index in [1.54, 1.807) is 32.9 Å². The summed E-state index contributed by atoms with van der Waals surface area (Å²) in [5.74, 6) is -0.675. The van der Waals surface area contributed by atoms with Gasteiger partial charge in [-0.2, -0.15) is 0 Å². The first-order valence-electron chi connectivity index (χ1n) is 7.85. The van der Waals surface area contributed by atoms with E-state index in [1.807, 2.05) is 6.07 Å². The molecule has 0 spiro atoms. The second-order valence-corrected chi connectivity index (χ2v) is 7.05. The monoisotopic (exact) mass is 335 g/mol. The van der Waals surface area contributed by atoms with E-state index in [2.05, 4.69) is 0 Å². The minimum absolute atomic E-state index is 0.128. The minimum Gasteiger partial charge on any atom is -0.481 e. The number of amides is 1. The van der Waals surface area contributed by atoms with Crippen molar-refractivity contribution in [1.29, 1.82) is 0 Å². The summed E-state index contributed by atoms with van der Waals surface area (Å²) in [4.78, 5) is 25.4. The lowest BCUT2D eigenvalue weighted by molar-refractivity contribution is -0.141. The van der Waals surface area contributed by atoms with Crippen LogP contribution in [0.25, 0.3) is 0 Å². The number of ether oxygens (including phenoxy) is 3. The number of hydrogen-bond acceptors (Lipinski definition) is 5. The van der Waals surface area contributed by atoms with Gasteiger partial charge in [0.05, 0.1) is 5.92 Å². The highest BCUT2D eigenvalue weighted by Gasteiger charge is 2.42. The third-order valence-electron chi connectivity index (χ3n) is 4.11. The van der Waals surface area contributed by atoms with Crippen molar-refractivity contribution in [2.45, 2.75) is 32.3 Å². The van der Waals surface area contributed by atoms with Crippen LogP contribution in [0.5, 0.6) is 11.5 Å². The molecular formula is C17H21NO6. The van der Waals surface area contributed by atoms with Crippen LogP contribution in [0.4, 0.5) is 4.79 Å². The van der Waals surface area contributed by atoms with Gasteiger partial charge in [-0.15, -0.1) is 0 Å². The molecule has 1 fully saturated rings. The van der Waals surface area contributed by atoms with Crippen molar-refractivity contribution in [3.8, 4) is 11.5 Å². The van der Waals surface area contributed by atoms with Crippen molar-refractivity contribution in [2.75, 3.05) is 19.9 Å². The molecule has 0 aromatic heterocycles. The Morgan fingerprint density at radius 3 is 2.58 bits per heavy atom. The third-order valence-corrected chi connectivity index (χ3v) is 4.11. The molecule has 2 aliphatic heterocycles. The molecule has 1 amide bonds. The molecule has 7 nitrogen and oxygen atoms in total. The van der Waals surface area contributed by atoms with Crippen molar-refractivity contribution in [3.05, 3.63) is 23.8 Å². The van der Waals surface area contributed by atoms with Crippen molar-refractivity contribution in [1.82, 2.24) is 4.90 Å². The first kappa shape index (κ1) is 16.4. The average Bonchev–Trinajstić information content (AvgIpc) is 3.11. The first-order chi connectivity index (χ1) is 11.2. The summed E-state index contributed by atoms with van der Waals surface area (Å²) in [6.45, 7) is 5.94. The number of fused-ring (bicyclic) bond motifs is 1. The Morgan fingerprint density at radius 2 is 1.92 bits per heavy atom. The highest BCUT2D eigenvalue weighted by atomic mass is 16.7. The van der Waals surface area contributed by atoms with E-state index in [0.29, 0.717) is 18.0 Å². The maximum absolute atomic E-state index is 12.3. The van der Waals surface area contributed by atoms with E-state index in [9.17, 15) is 14.7 Å². The predicted octanol–water partition coefficient (Wildman–Crippen LogP) is 2.45. The number of carboxylic acid groups (broad SMARTS) is 1. The van der Waals surface area contributed by atoms with E-state index in [0.717, 1.165) is 5.56 Å². The topological polar surface area (TPSA) is 85.3 Å². The average molecular weight is 335 g/mol. The summed E-state index contributed by atoms with van der Waals surface area (Å²) in [7, 11) is 0. The van der Waals surface area contributed by atoms with Crippen molar-refractivity contribution >= 4 is 12.1 Å². The van der Waals surface area contributed by atoms with Gasteiger partial charge >= 0.3 is 12.1 Å². The SMILES string of the molecule is CC(C)(C)OC(=O)N1C[C@@H](C(=O)O)[C@H](c2ccc3c(c2)OCO3)C1. The maximum Gasteiger partial charge on any atom is 0.410 e. The number of likely N-dealkylation sites (tertiary alicyclic amines) is 1. The molecule has 1 aromatic rings. The summed E-state index contributed by atoms with van der Waals surface area (Å²) >= 11 is 0. The van der Waals surface area contributed by atoms with Gasteiger partial charge < -0.3 is 24.2 Å². The Balaban J connectivity index is 1.81. The molecule has 1 saturated heterocycles. The van der Waals surface area contributed by atoms with E-state index in [4.69, 9.17) is 14.2 Å². The molecule has 7 heteroatoms. The molecule has 2 aliphatic rings. The van der Waals surface area contributed by atoms with Gasteiger partial charge in [0.15, 0.2) is 11.5 Å². The van der Waals surface area contributed by atoms with Crippen LogP contribution < -0.4 is 9.47 Å². The molecule has 0 unspecified atom stereocenters. The van der Waals surface area contributed by atoms with Crippen molar-refractivity contribution < 1.29 is 28.9 Å². The maximum atomic E-state index is 12.3. The Kier molecular flexibility index (Phi) is 4.03. The van der Waals surface area contributed by atoms with Crippen molar-refractivity contribution in [3.63, 3.8) is 0 Å². The Labute approximate surface area is 140 Å². The summed E-state index contributed by atoms with van der Waals surface area (Å²) in [6, 6.07) is 5.39. The van der Waals surface area contributed by atoms with Gasteiger partial charge in [0.25, 0.3) is 0 Å². The Hall–Kier alpha value is -2.44. The van der Waals surface area contributed by atoms with Gasteiger partial charge in [-0.3, -0.25) is 4.79 Å². The molecule has 0 bridgehead atoms. The number of benzene rings is 1. The third kappa shape index (κ3) is 3.25. The summed E-state index contributed by atoms with van der Waals surface area (Å²) in [5.41, 5.74) is 0.199. The largest absolute Gasteiger partial charge is 0.481 e. The van der Waals surface area contributed by atoms with Crippen LogP contribution in [0.15, 0.2) is 18.2 Å². The molecule has 0 saturated carbocycles. The van der Waals surface area contributed by atoms with E-state index in [-0.39, 0.29) is 19.3 Å². The molecule has 2 heterocycles. The molecule has 130 valence electrons. The number of rotatable bonds is 2. The fourth-order valence-corrected chi connectivity index (χ4v) is 3.01. The smallest absolute Gasteiger partial charge is 0.410 e. The number of carbonyl (C=O) groups excluding carboxylic acids is 1. The highest BCUT2D eigenvalue weighted by Crippen LogP contribution is 2.39. The number of nitrogens with zero attached hydrogens (tertiary/aromatic N) is 1. The standard InChI is InChI=1S/C17H21NO6/c1-17(2,3)24-16(21)18-7-11(12(8-18)15(19)20)10-4-5-13-14(6-10)23-9-22-13/h4-6,11-12H,7-9H2,1-3H3,(H,19,20)/t11-,12+/m0/s1. The van der Waals surface area contributed by atoms with Crippen LogP contribution >= 0.6 is 0 Å². The predicted molar refractivity (Wildman–Crippen MR) is 84.2 cm³/mol. The fraction of sp³-hybridized carbons (Fsp3) is 0.529. The van der Waals surface area contributed by atoms with Gasteiger partial charge in [-0.1, -0.05) is 6.07 Å². The zero-order valence-electron chi connectivity index (χ0n) is 13.9. The molecule has 0 radical (unpaired) electrons. The van der Waals surface area contributed by atoms with Crippen LogP contribution in [0.1, 0.15) is 32.3 Å². The van der Waals surface area contributed by atoms with Gasteiger partial charge in [-0.25, -0.2) is 4.79 Å².